The van der Waals surface area contributed by atoms with Gasteiger partial charge in [-0.15, -0.1) is 0 Å². The number of carboxylic acids is 1. The van der Waals surface area contributed by atoms with E-state index in [0.717, 1.165) is 0 Å². The van der Waals surface area contributed by atoms with Gasteiger partial charge in [-0.1, -0.05) is 30.3 Å². The summed E-state index contributed by atoms with van der Waals surface area (Å²) in [7, 11) is -3.61. The van der Waals surface area contributed by atoms with Crippen LogP contribution in [0.1, 0.15) is 18.4 Å². The molecule has 0 aliphatic heterocycles. The van der Waals surface area contributed by atoms with Crippen molar-refractivity contribution in [2.75, 3.05) is 0 Å². The Balaban J connectivity index is 2.49. The number of carbonyl (C=O) groups is 1. The molecular formula is C15H14O4S. The van der Waals surface area contributed by atoms with E-state index < -0.39 is 21.7 Å². The van der Waals surface area contributed by atoms with Crippen LogP contribution in [0.2, 0.25) is 0 Å². The molecule has 1 atom stereocenters. The maximum absolute atomic E-state index is 12.4. The van der Waals surface area contributed by atoms with Crippen molar-refractivity contribution >= 4 is 15.8 Å². The van der Waals surface area contributed by atoms with Crippen LogP contribution in [0.5, 0.6) is 0 Å². The minimum atomic E-state index is -3.61. The lowest BCUT2D eigenvalue weighted by molar-refractivity contribution is -0.138. The number of aliphatic carboxylic acids is 1. The van der Waals surface area contributed by atoms with E-state index in [4.69, 9.17) is 5.11 Å². The van der Waals surface area contributed by atoms with E-state index in [1.54, 1.807) is 30.3 Å². The van der Waals surface area contributed by atoms with Crippen LogP contribution < -0.4 is 0 Å². The largest absolute Gasteiger partial charge is 0.481 e. The van der Waals surface area contributed by atoms with E-state index in [1.165, 1.54) is 31.2 Å². The van der Waals surface area contributed by atoms with Crippen molar-refractivity contribution in [1.82, 2.24) is 0 Å². The maximum atomic E-state index is 12.4. The van der Waals surface area contributed by atoms with Crippen LogP contribution in [0.4, 0.5) is 0 Å². The van der Waals surface area contributed by atoms with E-state index in [2.05, 4.69) is 0 Å². The second kappa shape index (κ2) is 5.46. The van der Waals surface area contributed by atoms with E-state index in [9.17, 15) is 13.2 Å². The van der Waals surface area contributed by atoms with Gasteiger partial charge in [0.15, 0.2) is 0 Å². The summed E-state index contributed by atoms with van der Waals surface area (Å²) in [5.74, 6) is -1.74. The number of hydrogen-bond donors (Lipinski definition) is 1. The Labute approximate surface area is 117 Å². The number of hydrogen-bond acceptors (Lipinski definition) is 3. The summed E-state index contributed by atoms with van der Waals surface area (Å²) in [6.07, 6.45) is 0. The van der Waals surface area contributed by atoms with Crippen molar-refractivity contribution in [3.05, 3.63) is 60.2 Å². The fraction of sp³-hybridized carbons (Fsp3) is 0.133. The van der Waals surface area contributed by atoms with Gasteiger partial charge in [-0.25, -0.2) is 8.42 Å². The molecule has 5 heteroatoms. The lowest BCUT2D eigenvalue weighted by Crippen LogP contribution is -2.09. The summed E-state index contributed by atoms with van der Waals surface area (Å²) in [6, 6.07) is 14.1. The van der Waals surface area contributed by atoms with Crippen LogP contribution in [0, 0.1) is 0 Å². The minimum absolute atomic E-state index is 0.106. The lowest BCUT2D eigenvalue weighted by atomic mass is 10.0. The summed E-state index contributed by atoms with van der Waals surface area (Å²) >= 11 is 0. The normalized spacial score (nSPS) is 12.8. The molecule has 0 unspecified atom stereocenters. The molecule has 0 radical (unpaired) electrons. The summed E-state index contributed by atoms with van der Waals surface area (Å²) in [5.41, 5.74) is 0.467. The molecule has 4 nitrogen and oxygen atoms in total. The van der Waals surface area contributed by atoms with Gasteiger partial charge < -0.3 is 5.11 Å². The zero-order valence-corrected chi connectivity index (χ0v) is 11.7. The molecule has 0 fully saturated rings. The predicted molar refractivity (Wildman–Crippen MR) is 74.4 cm³/mol. The van der Waals surface area contributed by atoms with Crippen LogP contribution >= 0.6 is 0 Å². The van der Waals surface area contributed by atoms with Gasteiger partial charge in [0.05, 0.1) is 15.7 Å². The lowest BCUT2D eigenvalue weighted by Gasteiger charge is -2.09. The molecule has 0 bridgehead atoms. The molecule has 0 aliphatic rings. The first-order valence-corrected chi connectivity index (χ1v) is 7.54. The van der Waals surface area contributed by atoms with E-state index in [0.29, 0.717) is 5.56 Å². The van der Waals surface area contributed by atoms with Crippen molar-refractivity contribution < 1.29 is 18.3 Å². The molecule has 20 heavy (non-hydrogen) atoms. The summed E-state index contributed by atoms with van der Waals surface area (Å²) < 4.78 is 24.9. The van der Waals surface area contributed by atoms with Crippen molar-refractivity contribution in [2.24, 2.45) is 0 Å². The summed E-state index contributed by atoms with van der Waals surface area (Å²) in [4.78, 5) is 11.3. The highest BCUT2D eigenvalue weighted by atomic mass is 32.2. The van der Waals surface area contributed by atoms with Gasteiger partial charge in [-0.05, 0) is 36.8 Å². The average Bonchev–Trinajstić information content (AvgIpc) is 2.47. The molecule has 0 spiro atoms. The Bertz CT molecular complexity index is 721. The third-order valence-corrected chi connectivity index (χ3v) is 4.86. The smallest absolute Gasteiger partial charge is 0.310 e. The topological polar surface area (TPSA) is 71.4 Å². The second-order valence-electron chi connectivity index (χ2n) is 4.45. The van der Waals surface area contributed by atoms with Crippen LogP contribution in [-0.2, 0) is 14.6 Å². The van der Waals surface area contributed by atoms with Gasteiger partial charge in [0.2, 0.25) is 9.84 Å². The fourth-order valence-corrected chi connectivity index (χ4v) is 3.17. The maximum Gasteiger partial charge on any atom is 0.310 e. The molecule has 0 saturated heterocycles. The molecule has 0 saturated carbocycles. The van der Waals surface area contributed by atoms with Crippen molar-refractivity contribution in [2.45, 2.75) is 22.6 Å². The standard InChI is InChI=1S/C15H14O4S/c1-11(15(16)17)12-6-5-9-14(10-12)20(18,19)13-7-3-2-4-8-13/h2-11H,1H3,(H,16,17)/t11-/m1/s1. The Hall–Kier alpha value is -2.14. The number of sulfone groups is 1. The van der Waals surface area contributed by atoms with E-state index >= 15 is 0 Å². The minimum Gasteiger partial charge on any atom is -0.481 e. The van der Waals surface area contributed by atoms with Crippen LogP contribution in [0.15, 0.2) is 64.4 Å². The molecule has 2 aromatic carbocycles. The van der Waals surface area contributed by atoms with Crippen molar-refractivity contribution in [3.8, 4) is 0 Å². The van der Waals surface area contributed by atoms with E-state index in [1.807, 2.05) is 0 Å². The molecule has 0 aliphatic carbocycles. The Kier molecular flexibility index (Phi) is 3.90. The van der Waals surface area contributed by atoms with Gasteiger partial charge in [0.25, 0.3) is 0 Å². The molecule has 104 valence electrons. The first-order valence-electron chi connectivity index (χ1n) is 6.06. The fourth-order valence-electron chi connectivity index (χ4n) is 1.83. The Morgan fingerprint density at radius 3 is 2.20 bits per heavy atom. The second-order valence-corrected chi connectivity index (χ2v) is 6.40. The molecular weight excluding hydrogens is 276 g/mol. The SMILES string of the molecule is C[C@@H](C(=O)O)c1cccc(S(=O)(=O)c2ccccc2)c1. The summed E-state index contributed by atoms with van der Waals surface area (Å²) in [5, 5.41) is 9.00. The summed E-state index contributed by atoms with van der Waals surface area (Å²) in [6.45, 7) is 1.52. The average molecular weight is 290 g/mol. The van der Waals surface area contributed by atoms with Gasteiger partial charge in [-0.3, -0.25) is 4.79 Å². The molecule has 0 heterocycles. The number of benzene rings is 2. The zero-order valence-electron chi connectivity index (χ0n) is 10.9. The first kappa shape index (κ1) is 14.3. The number of rotatable bonds is 4. The van der Waals surface area contributed by atoms with E-state index in [-0.39, 0.29) is 9.79 Å². The van der Waals surface area contributed by atoms with Gasteiger partial charge in [0, 0.05) is 0 Å². The van der Waals surface area contributed by atoms with Crippen molar-refractivity contribution in [3.63, 3.8) is 0 Å². The molecule has 2 rings (SSSR count). The zero-order chi connectivity index (χ0) is 14.8. The van der Waals surface area contributed by atoms with Gasteiger partial charge >= 0.3 is 5.97 Å². The van der Waals surface area contributed by atoms with Crippen LogP contribution in [-0.4, -0.2) is 19.5 Å². The quantitative estimate of drug-likeness (QED) is 0.939. The Morgan fingerprint density at radius 1 is 1.00 bits per heavy atom. The molecule has 0 aromatic heterocycles. The highest BCUT2D eigenvalue weighted by Crippen LogP contribution is 2.24. The first-order chi connectivity index (χ1) is 9.43. The van der Waals surface area contributed by atoms with Gasteiger partial charge in [-0.2, -0.15) is 0 Å². The van der Waals surface area contributed by atoms with Crippen molar-refractivity contribution in [1.29, 1.82) is 0 Å². The Morgan fingerprint density at radius 2 is 1.60 bits per heavy atom. The third-order valence-electron chi connectivity index (χ3n) is 3.09. The number of carboxylic acid groups (broad SMARTS) is 1. The molecule has 2 aromatic rings. The highest BCUT2D eigenvalue weighted by Gasteiger charge is 2.20. The molecule has 0 amide bonds. The third kappa shape index (κ3) is 2.72. The molecule has 1 N–H and O–H groups in total. The van der Waals surface area contributed by atoms with Gasteiger partial charge in [0.1, 0.15) is 0 Å². The monoisotopic (exact) mass is 290 g/mol. The highest BCUT2D eigenvalue weighted by molar-refractivity contribution is 7.91. The van der Waals surface area contributed by atoms with Crippen LogP contribution in [0.3, 0.4) is 0 Å². The predicted octanol–water partition coefficient (Wildman–Crippen LogP) is 2.71. The van der Waals surface area contributed by atoms with Crippen LogP contribution in [0.25, 0.3) is 0 Å².